The Morgan fingerprint density at radius 1 is 0.974 bits per heavy atom. The molecule has 200 valence electrons. The predicted octanol–water partition coefficient (Wildman–Crippen LogP) is 5.30. The molecule has 1 amide bonds. The number of anilines is 1. The lowest BCUT2D eigenvalue weighted by Gasteiger charge is -2.39. The summed E-state index contributed by atoms with van der Waals surface area (Å²) in [6, 6.07) is 18.2. The summed E-state index contributed by atoms with van der Waals surface area (Å²) in [5.41, 5.74) is 6.54. The number of carbonyl (C=O) groups is 2. The second-order valence-electron chi connectivity index (χ2n) is 10.8. The normalized spacial score (nSPS) is 13.4. The van der Waals surface area contributed by atoms with Crippen molar-refractivity contribution in [3.05, 3.63) is 101 Å². The Bertz CT molecular complexity index is 1480. The van der Waals surface area contributed by atoms with Crippen LogP contribution in [0.1, 0.15) is 57.2 Å². The number of nitrogens with zero attached hydrogens (tertiary/aromatic N) is 5. The Morgan fingerprint density at radius 3 is 2.31 bits per heavy atom. The van der Waals surface area contributed by atoms with Crippen molar-refractivity contribution in [3.63, 3.8) is 0 Å². The maximum absolute atomic E-state index is 13.2. The number of hydrogen-bond acceptors (Lipinski definition) is 5. The number of hydrogen-bond donors (Lipinski definition) is 0. The van der Waals surface area contributed by atoms with Crippen LogP contribution in [0.4, 0.5) is 5.82 Å². The molecular formula is C32H35N5O2. The van der Waals surface area contributed by atoms with Crippen LogP contribution in [0.25, 0.3) is 11.1 Å². The highest BCUT2D eigenvalue weighted by Crippen LogP contribution is 2.30. The van der Waals surface area contributed by atoms with E-state index in [2.05, 4.69) is 53.1 Å². The second-order valence-corrected chi connectivity index (χ2v) is 10.8. The molecule has 0 radical (unpaired) electrons. The second kappa shape index (κ2) is 10.8. The van der Waals surface area contributed by atoms with E-state index < -0.39 is 0 Å². The van der Waals surface area contributed by atoms with Crippen LogP contribution in [0, 0.1) is 6.92 Å². The zero-order chi connectivity index (χ0) is 27.7. The number of pyridine rings is 1. The van der Waals surface area contributed by atoms with Crippen LogP contribution in [0.15, 0.2) is 73.2 Å². The molecule has 39 heavy (non-hydrogen) atoms. The van der Waals surface area contributed by atoms with Crippen molar-refractivity contribution in [2.75, 3.05) is 25.0 Å². The van der Waals surface area contributed by atoms with Crippen LogP contribution >= 0.6 is 0 Å². The number of likely N-dealkylation sites (tertiary alicyclic amines) is 1. The van der Waals surface area contributed by atoms with Crippen LogP contribution in [-0.4, -0.2) is 57.5 Å². The average molecular weight is 522 g/mol. The molecule has 1 saturated heterocycles. The van der Waals surface area contributed by atoms with Gasteiger partial charge in [-0.3, -0.25) is 14.3 Å². The first kappa shape index (κ1) is 26.4. The van der Waals surface area contributed by atoms with Gasteiger partial charge in [-0.25, -0.2) is 4.98 Å². The summed E-state index contributed by atoms with van der Waals surface area (Å²) in [5.74, 6) is 1.17. The van der Waals surface area contributed by atoms with Gasteiger partial charge >= 0.3 is 0 Å². The molecule has 0 spiro atoms. The van der Waals surface area contributed by atoms with Gasteiger partial charge < -0.3 is 9.80 Å². The van der Waals surface area contributed by atoms with Gasteiger partial charge in [0.2, 0.25) is 0 Å². The lowest BCUT2D eigenvalue weighted by molar-refractivity contribution is 0.0602. The third-order valence-electron chi connectivity index (χ3n) is 7.74. The predicted molar refractivity (Wildman–Crippen MR) is 154 cm³/mol. The fourth-order valence-corrected chi connectivity index (χ4v) is 4.85. The molecule has 1 fully saturated rings. The van der Waals surface area contributed by atoms with E-state index in [0.717, 1.165) is 28.1 Å². The van der Waals surface area contributed by atoms with Crippen LogP contribution < -0.4 is 4.90 Å². The minimum atomic E-state index is -0.00676. The number of amides is 1. The number of benzene rings is 2. The number of aryl methyl sites for hydroxylation is 2. The van der Waals surface area contributed by atoms with Crippen LogP contribution in [-0.2, 0) is 13.5 Å². The zero-order valence-corrected chi connectivity index (χ0v) is 23.3. The number of rotatable bonds is 8. The van der Waals surface area contributed by atoms with Crippen LogP contribution in [0.3, 0.4) is 0 Å². The highest BCUT2D eigenvalue weighted by Gasteiger charge is 2.32. The molecule has 2 aromatic heterocycles. The smallest absolute Gasteiger partial charge is 0.253 e. The molecule has 1 aliphatic heterocycles. The zero-order valence-electron chi connectivity index (χ0n) is 23.3. The molecule has 4 aromatic rings. The highest BCUT2D eigenvalue weighted by molar-refractivity contribution is 5.99. The van der Waals surface area contributed by atoms with Crippen molar-refractivity contribution in [1.82, 2.24) is 19.7 Å². The largest absolute Gasteiger partial charge is 0.357 e. The Morgan fingerprint density at radius 2 is 1.69 bits per heavy atom. The highest BCUT2D eigenvalue weighted by atomic mass is 16.2. The molecular weight excluding hydrogens is 486 g/mol. The van der Waals surface area contributed by atoms with Crippen molar-refractivity contribution in [2.45, 2.75) is 39.2 Å². The van der Waals surface area contributed by atoms with E-state index in [1.165, 1.54) is 5.56 Å². The Kier molecular flexibility index (Phi) is 7.33. The first-order valence-corrected chi connectivity index (χ1v) is 13.4. The van der Waals surface area contributed by atoms with Gasteiger partial charge in [0.15, 0.2) is 5.78 Å². The van der Waals surface area contributed by atoms with Gasteiger partial charge in [-0.2, -0.15) is 5.10 Å². The molecule has 5 rings (SSSR count). The third kappa shape index (κ3) is 5.62. The van der Waals surface area contributed by atoms with E-state index >= 15 is 0 Å². The summed E-state index contributed by atoms with van der Waals surface area (Å²) in [5, 5.41) is 4.24. The summed E-state index contributed by atoms with van der Waals surface area (Å²) >= 11 is 0. The maximum atomic E-state index is 13.2. The SMILES string of the molecule is Cc1ccc(C(=O)N2CC(c3ccc(-c4cnn(C)c4)cc3)C2)cc1CC(=O)c1ccc(N(C)C(C)C)nc1. The molecule has 2 aromatic carbocycles. The van der Waals surface area contributed by atoms with Gasteiger partial charge in [0.1, 0.15) is 5.82 Å². The maximum Gasteiger partial charge on any atom is 0.253 e. The monoisotopic (exact) mass is 521 g/mol. The Labute approximate surface area is 230 Å². The van der Waals surface area contributed by atoms with E-state index in [1.54, 1.807) is 10.9 Å². The summed E-state index contributed by atoms with van der Waals surface area (Å²) in [6.07, 6.45) is 5.74. The molecule has 0 atom stereocenters. The van der Waals surface area contributed by atoms with Crippen molar-refractivity contribution in [2.24, 2.45) is 7.05 Å². The van der Waals surface area contributed by atoms with Gasteiger partial charge in [-0.15, -0.1) is 0 Å². The third-order valence-corrected chi connectivity index (χ3v) is 7.74. The van der Waals surface area contributed by atoms with Crippen molar-refractivity contribution in [1.29, 1.82) is 0 Å². The van der Waals surface area contributed by atoms with Gasteiger partial charge in [0.05, 0.1) is 6.20 Å². The molecule has 1 aliphatic rings. The molecule has 0 unspecified atom stereocenters. The number of carbonyl (C=O) groups excluding carboxylic acids is 2. The van der Waals surface area contributed by atoms with Gasteiger partial charge in [-0.05, 0) is 67.3 Å². The van der Waals surface area contributed by atoms with Crippen molar-refractivity contribution in [3.8, 4) is 11.1 Å². The topological polar surface area (TPSA) is 71.3 Å². The minimum absolute atomic E-state index is 0.00676. The molecule has 0 saturated carbocycles. The fourth-order valence-electron chi connectivity index (χ4n) is 4.85. The molecule has 7 heteroatoms. The fraction of sp³-hybridized carbons (Fsp3) is 0.312. The van der Waals surface area contributed by atoms with Gasteiger partial charge in [0, 0.05) is 74.6 Å². The lowest BCUT2D eigenvalue weighted by Crippen LogP contribution is -2.48. The van der Waals surface area contributed by atoms with Gasteiger partial charge in [-0.1, -0.05) is 30.3 Å². The quantitative estimate of drug-likeness (QED) is 0.294. The average Bonchev–Trinajstić information content (AvgIpc) is 3.35. The van der Waals surface area contributed by atoms with Crippen molar-refractivity contribution < 1.29 is 9.59 Å². The first-order valence-electron chi connectivity index (χ1n) is 13.4. The molecule has 7 nitrogen and oxygen atoms in total. The first-order chi connectivity index (χ1) is 18.7. The molecule has 3 heterocycles. The number of Topliss-reactive ketones (excluding diaryl/α,β-unsaturated/α-hetero) is 1. The minimum Gasteiger partial charge on any atom is -0.357 e. The summed E-state index contributed by atoms with van der Waals surface area (Å²) in [7, 11) is 3.90. The van der Waals surface area contributed by atoms with E-state index in [9.17, 15) is 9.59 Å². The van der Waals surface area contributed by atoms with E-state index in [0.29, 0.717) is 36.2 Å². The van der Waals surface area contributed by atoms with Gasteiger partial charge in [0.25, 0.3) is 5.91 Å². The molecule has 0 N–H and O–H groups in total. The summed E-state index contributed by atoms with van der Waals surface area (Å²) < 4.78 is 1.80. The molecule has 0 bridgehead atoms. The van der Waals surface area contributed by atoms with E-state index in [-0.39, 0.29) is 18.1 Å². The summed E-state index contributed by atoms with van der Waals surface area (Å²) in [6.45, 7) is 7.55. The summed E-state index contributed by atoms with van der Waals surface area (Å²) in [4.78, 5) is 34.7. The molecule has 0 aliphatic carbocycles. The van der Waals surface area contributed by atoms with Crippen LogP contribution in [0.2, 0.25) is 0 Å². The lowest BCUT2D eigenvalue weighted by atomic mass is 9.89. The van der Waals surface area contributed by atoms with Crippen molar-refractivity contribution >= 4 is 17.5 Å². The number of ketones is 1. The number of aromatic nitrogens is 3. The van der Waals surface area contributed by atoms with Crippen LogP contribution in [0.5, 0.6) is 0 Å². The standard InChI is InChI=1S/C32H35N5O2/c1-21(2)36(5)31-13-12-26(16-33-31)30(38)15-27-14-25(7-6-22(27)3)32(39)37-19-29(20-37)24-10-8-23(9-11-24)28-17-34-35(4)18-28/h6-14,16-18,21,29H,15,19-20H2,1-5H3. The Hall–Kier alpha value is -4.26. The van der Waals surface area contributed by atoms with E-state index in [4.69, 9.17) is 0 Å². The van der Waals surface area contributed by atoms with E-state index in [1.807, 2.05) is 68.6 Å². The Balaban J connectivity index is 1.21.